The van der Waals surface area contributed by atoms with Gasteiger partial charge in [-0.1, -0.05) is 262 Å². The van der Waals surface area contributed by atoms with Gasteiger partial charge in [-0.2, -0.15) is 0 Å². The quantitative estimate of drug-likeness (QED) is 0.0204. The lowest BCUT2D eigenvalue weighted by Gasteiger charge is -2.46. The number of carbonyl (C=O) groups is 1. The maximum Gasteiger partial charge on any atom is 0.220 e. The highest BCUT2D eigenvalue weighted by atomic mass is 16.7. The molecule has 2 heterocycles. The SMILES string of the molecule is CCCC/C=C\C/C=C\CCCCCCCC(=O)NC(COC1OC(CO)C(OC2OC(CO)C(O)C(O)C2O)C(O)C1O)C(O)/C=C/CC/C=C/CCCCCCCCCCCCCCCCCCCCCCCCCCCCC. The Labute approximate surface area is 493 Å². The molecule has 0 aromatic heterocycles. The van der Waals surface area contributed by atoms with E-state index in [1.165, 1.54) is 186 Å². The minimum Gasteiger partial charge on any atom is -0.394 e. The lowest BCUT2D eigenvalue weighted by atomic mass is 9.97. The lowest BCUT2D eigenvalue weighted by Crippen LogP contribution is -2.65. The zero-order valence-corrected chi connectivity index (χ0v) is 51.3. The first-order valence-corrected chi connectivity index (χ1v) is 33.4. The van der Waals surface area contributed by atoms with Gasteiger partial charge < -0.3 is 65.1 Å². The maximum atomic E-state index is 13.2. The Morgan fingerprint density at radius 3 is 1.32 bits per heavy atom. The summed E-state index contributed by atoms with van der Waals surface area (Å²) >= 11 is 0. The number of nitrogens with one attached hydrogen (secondary N) is 1. The molecule has 2 fully saturated rings. The van der Waals surface area contributed by atoms with Crippen molar-refractivity contribution >= 4 is 5.91 Å². The largest absolute Gasteiger partial charge is 0.394 e. The van der Waals surface area contributed by atoms with E-state index in [-0.39, 0.29) is 18.9 Å². The molecule has 81 heavy (non-hydrogen) atoms. The molecule has 0 aromatic carbocycles. The van der Waals surface area contributed by atoms with Crippen molar-refractivity contribution in [2.75, 3.05) is 19.8 Å². The summed E-state index contributed by atoms with van der Waals surface area (Å²) in [6.45, 7) is 2.75. The molecule has 0 spiro atoms. The molecule has 2 aliphatic heterocycles. The van der Waals surface area contributed by atoms with Gasteiger partial charge >= 0.3 is 0 Å². The Kier molecular flexibility index (Phi) is 48.5. The molecular weight excluding hydrogens is 1030 g/mol. The van der Waals surface area contributed by atoms with Gasteiger partial charge in [-0.25, -0.2) is 0 Å². The van der Waals surface area contributed by atoms with Gasteiger partial charge in [0.2, 0.25) is 5.91 Å². The summed E-state index contributed by atoms with van der Waals surface area (Å²) in [4.78, 5) is 13.2. The molecule has 0 radical (unpaired) electrons. The summed E-state index contributed by atoms with van der Waals surface area (Å²) in [6, 6.07) is -0.940. The van der Waals surface area contributed by atoms with Gasteiger partial charge in [0.05, 0.1) is 32.0 Å². The summed E-state index contributed by atoms with van der Waals surface area (Å²) in [6.07, 6.45) is 50.5. The molecule has 2 saturated heterocycles. The van der Waals surface area contributed by atoms with Crippen LogP contribution in [0, 0.1) is 0 Å². The van der Waals surface area contributed by atoms with Gasteiger partial charge in [0.1, 0.15) is 48.8 Å². The average molecular weight is 1150 g/mol. The van der Waals surface area contributed by atoms with Crippen molar-refractivity contribution in [2.45, 2.75) is 351 Å². The monoisotopic (exact) mass is 1150 g/mol. The molecule has 14 nitrogen and oxygen atoms in total. The number of rotatable bonds is 54. The number of ether oxygens (including phenoxy) is 4. The molecule has 0 bridgehead atoms. The van der Waals surface area contributed by atoms with Crippen molar-refractivity contribution in [2.24, 2.45) is 0 Å². The predicted molar refractivity (Wildman–Crippen MR) is 327 cm³/mol. The van der Waals surface area contributed by atoms with Crippen LogP contribution < -0.4 is 5.32 Å². The van der Waals surface area contributed by atoms with E-state index < -0.39 is 86.8 Å². The molecule has 0 aromatic rings. The first-order valence-electron chi connectivity index (χ1n) is 33.4. The van der Waals surface area contributed by atoms with Crippen LogP contribution in [0.1, 0.15) is 277 Å². The van der Waals surface area contributed by atoms with Crippen molar-refractivity contribution in [1.82, 2.24) is 5.32 Å². The fourth-order valence-electron chi connectivity index (χ4n) is 10.9. The van der Waals surface area contributed by atoms with Crippen molar-refractivity contribution in [3.8, 4) is 0 Å². The number of aliphatic hydroxyl groups excluding tert-OH is 8. The van der Waals surface area contributed by atoms with Gasteiger partial charge in [-0.3, -0.25) is 4.79 Å². The van der Waals surface area contributed by atoms with Crippen molar-refractivity contribution in [3.63, 3.8) is 0 Å². The van der Waals surface area contributed by atoms with E-state index >= 15 is 0 Å². The van der Waals surface area contributed by atoms with Crippen LogP contribution in [-0.4, -0.2) is 140 Å². The van der Waals surface area contributed by atoms with Gasteiger partial charge in [0.15, 0.2) is 12.6 Å². The summed E-state index contributed by atoms with van der Waals surface area (Å²) in [7, 11) is 0. The Morgan fingerprint density at radius 1 is 0.444 bits per heavy atom. The van der Waals surface area contributed by atoms with E-state index in [1.54, 1.807) is 6.08 Å². The molecule has 12 unspecified atom stereocenters. The van der Waals surface area contributed by atoms with E-state index in [4.69, 9.17) is 18.9 Å². The number of amides is 1. The van der Waals surface area contributed by atoms with E-state index in [0.717, 1.165) is 57.8 Å². The average Bonchev–Trinajstić information content (AvgIpc) is 3.65. The van der Waals surface area contributed by atoms with Crippen LogP contribution in [0.3, 0.4) is 0 Å². The van der Waals surface area contributed by atoms with Crippen molar-refractivity contribution < 1.29 is 64.6 Å². The van der Waals surface area contributed by atoms with Gasteiger partial charge in [0, 0.05) is 6.42 Å². The van der Waals surface area contributed by atoms with Gasteiger partial charge in [0.25, 0.3) is 0 Å². The van der Waals surface area contributed by atoms with Crippen LogP contribution in [0.4, 0.5) is 0 Å². The highest BCUT2D eigenvalue weighted by molar-refractivity contribution is 5.76. The summed E-state index contributed by atoms with van der Waals surface area (Å²) in [5.41, 5.74) is 0. The Bertz CT molecular complexity index is 1540. The zero-order chi connectivity index (χ0) is 58.8. The van der Waals surface area contributed by atoms with Crippen molar-refractivity contribution in [1.29, 1.82) is 0 Å². The molecule has 1 amide bonds. The fraction of sp³-hybridized carbons (Fsp3) is 0.866. The Balaban J connectivity index is 1.66. The number of unbranched alkanes of at least 4 members (excludes halogenated alkanes) is 35. The number of aliphatic hydroxyl groups is 8. The third kappa shape index (κ3) is 37.2. The van der Waals surface area contributed by atoms with Crippen LogP contribution in [0.25, 0.3) is 0 Å². The molecule has 12 atom stereocenters. The molecule has 0 saturated carbocycles. The van der Waals surface area contributed by atoms with E-state index in [1.807, 2.05) is 6.08 Å². The van der Waals surface area contributed by atoms with E-state index in [2.05, 4.69) is 55.6 Å². The molecule has 474 valence electrons. The Morgan fingerprint density at radius 2 is 0.840 bits per heavy atom. The standard InChI is InChI=1S/C67H123NO13/c1-3-5-7-9-11-13-15-17-19-20-21-22-23-24-25-26-27-28-29-30-31-32-33-34-35-36-37-38-40-42-44-46-48-50-56(71)55(68-59(72)51-49-47-45-43-41-39-18-16-14-12-10-8-6-4-2)54-78-66-64(77)62(75)65(58(53-70)80-66)81-67-63(76)61(74)60(73)57(52-69)79-67/h10,12,16,18,40,42,48,50,55-58,60-67,69-71,73-77H,3-9,11,13-15,17,19-39,41,43-47,49,51-54H2,1-2H3,(H,68,72)/b12-10-,18-16-,42-40+,50-48+. The third-order valence-corrected chi connectivity index (χ3v) is 16.2. The van der Waals surface area contributed by atoms with Crippen LogP contribution >= 0.6 is 0 Å². The normalized spacial score (nSPS) is 24.4. The van der Waals surface area contributed by atoms with E-state index in [0.29, 0.717) is 12.8 Å². The first-order chi connectivity index (χ1) is 39.6. The topological polar surface area (TPSA) is 228 Å². The first kappa shape index (κ1) is 75.0. The third-order valence-electron chi connectivity index (χ3n) is 16.2. The lowest BCUT2D eigenvalue weighted by molar-refractivity contribution is -0.359. The fourth-order valence-corrected chi connectivity index (χ4v) is 10.9. The summed E-state index contributed by atoms with van der Waals surface area (Å²) in [5, 5.41) is 87.1. The highest BCUT2D eigenvalue weighted by Crippen LogP contribution is 2.30. The van der Waals surface area contributed by atoms with Crippen LogP contribution in [-0.2, 0) is 23.7 Å². The van der Waals surface area contributed by atoms with Gasteiger partial charge in [-0.15, -0.1) is 0 Å². The minimum atomic E-state index is -1.79. The molecule has 0 aliphatic carbocycles. The summed E-state index contributed by atoms with van der Waals surface area (Å²) < 4.78 is 22.8. The van der Waals surface area contributed by atoms with Crippen molar-refractivity contribution in [3.05, 3.63) is 48.6 Å². The van der Waals surface area contributed by atoms with Crippen LogP contribution in [0.2, 0.25) is 0 Å². The molecule has 2 rings (SSSR count). The second-order valence-electron chi connectivity index (χ2n) is 23.6. The number of hydrogen-bond acceptors (Lipinski definition) is 13. The molecular formula is C67H123NO13. The van der Waals surface area contributed by atoms with E-state index in [9.17, 15) is 45.6 Å². The molecule has 14 heteroatoms. The maximum absolute atomic E-state index is 13.2. The predicted octanol–water partition coefficient (Wildman–Crippen LogP) is 12.7. The highest BCUT2D eigenvalue weighted by Gasteiger charge is 2.51. The summed E-state index contributed by atoms with van der Waals surface area (Å²) in [5.74, 6) is -0.263. The second kappa shape index (κ2) is 52.3. The second-order valence-corrected chi connectivity index (χ2v) is 23.6. The van der Waals surface area contributed by atoms with Crippen LogP contribution in [0.5, 0.6) is 0 Å². The van der Waals surface area contributed by atoms with Crippen LogP contribution in [0.15, 0.2) is 48.6 Å². The van der Waals surface area contributed by atoms with Gasteiger partial charge in [-0.05, 0) is 57.8 Å². The number of allylic oxidation sites excluding steroid dienone is 7. The number of hydrogen-bond donors (Lipinski definition) is 9. The molecule has 2 aliphatic rings. The Hall–Kier alpha value is -2.05. The molecule has 9 N–H and O–H groups in total. The minimum absolute atomic E-state index is 0.256. The zero-order valence-electron chi connectivity index (χ0n) is 51.3. The smallest absolute Gasteiger partial charge is 0.220 e. The number of carbonyl (C=O) groups excluding carboxylic acids is 1.